The van der Waals surface area contributed by atoms with Gasteiger partial charge in [-0.2, -0.15) is 0 Å². The molecule has 7 heteroatoms. The number of allylic oxidation sites excluding steroid dienone is 2. The van der Waals surface area contributed by atoms with Crippen molar-refractivity contribution in [3.05, 3.63) is 96.9 Å². The van der Waals surface area contributed by atoms with E-state index in [1.807, 2.05) is 24.3 Å². The van der Waals surface area contributed by atoms with Gasteiger partial charge >= 0.3 is 0 Å². The average Bonchev–Trinajstić information content (AvgIpc) is 3.30. The first-order valence-electron chi connectivity index (χ1n) is 10.6. The van der Waals surface area contributed by atoms with Gasteiger partial charge in [0.15, 0.2) is 11.5 Å². The van der Waals surface area contributed by atoms with E-state index in [0.29, 0.717) is 40.0 Å². The Kier molecular flexibility index (Phi) is 6.54. The van der Waals surface area contributed by atoms with E-state index in [-0.39, 0.29) is 6.04 Å². The van der Waals surface area contributed by atoms with E-state index in [1.165, 1.54) is 5.56 Å². The van der Waals surface area contributed by atoms with Crippen LogP contribution < -0.4 is 14.8 Å². The molecule has 33 heavy (non-hydrogen) atoms. The van der Waals surface area contributed by atoms with Crippen LogP contribution in [0.25, 0.3) is 0 Å². The van der Waals surface area contributed by atoms with E-state index < -0.39 is 0 Å². The molecule has 0 spiro atoms. The number of ether oxygens (including phenoxy) is 2. The van der Waals surface area contributed by atoms with Crippen LogP contribution in [-0.4, -0.2) is 7.11 Å². The number of benzene rings is 3. The van der Waals surface area contributed by atoms with E-state index >= 15 is 0 Å². The summed E-state index contributed by atoms with van der Waals surface area (Å²) in [6.07, 6.45) is 5.57. The molecule has 3 aromatic rings. The molecule has 1 aliphatic carbocycles. The standard InChI is InChI=1S/C26H21BrCl3NO2/c1-32-23-12-15(11-19(27)26(23)33-13-14-8-9-20(28)22(30)10-14)24-17-5-2-4-16(17)18-6-3-7-21(29)25(18)31-24/h2-4,6-12,16-17,24,31H,5,13H2,1H3/t16-,17+,24+/m1/s1. The topological polar surface area (TPSA) is 30.5 Å². The fourth-order valence-corrected chi connectivity index (χ4v) is 5.89. The lowest BCUT2D eigenvalue weighted by Gasteiger charge is -2.38. The van der Waals surface area contributed by atoms with Crippen LogP contribution in [0, 0.1) is 5.92 Å². The van der Waals surface area contributed by atoms with Gasteiger partial charge < -0.3 is 14.8 Å². The predicted molar refractivity (Wildman–Crippen MR) is 139 cm³/mol. The highest BCUT2D eigenvalue weighted by Crippen LogP contribution is 2.52. The third-order valence-corrected chi connectivity index (χ3v) is 7.97. The molecule has 0 bridgehead atoms. The van der Waals surface area contributed by atoms with Gasteiger partial charge in [0, 0.05) is 5.92 Å². The molecular weight excluding hydrogens is 545 g/mol. The van der Waals surface area contributed by atoms with Crippen LogP contribution in [0.3, 0.4) is 0 Å². The number of methoxy groups -OCH3 is 1. The molecule has 3 nitrogen and oxygen atoms in total. The highest BCUT2D eigenvalue weighted by Gasteiger charge is 2.39. The van der Waals surface area contributed by atoms with Crippen molar-refractivity contribution in [1.82, 2.24) is 0 Å². The zero-order valence-electron chi connectivity index (χ0n) is 17.7. The maximum atomic E-state index is 6.56. The van der Waals surface area contributed by atoms with Gasteiger partial charge in [-0.1, -0.05) is 65.2 Å². The van der Waals surface area contributed by atoms with Crippen molar-refractivity contribution in [2.24, 2.45) is 5.92 Å². The Balaban J connectivity index is 1.45. The van der Waals surface area contributed by atoms with Crippen LogP contribution in [0.15, 0.2) is 65.2 Å². The second-order valence-corrected chi connectivity index (χ2v) is 10.3. The molecule has 3 atom stereocenters. The minimum atomic E-state index is 0.0896. The van der Waals surface area contributed by atoms with Crippen molar-refractivity contribution < 1.29 is 9.47 Å². The minimum Gasteiger partial charge on any atom is -0.493 e. The number of hydrogen-bond acceptors (Lipinski definition) is 3. The van der Waals surface area contributed by atoms with Gasteiger partial charge in [0.1, 0.15) is 6.61 Å². The molecule has 0 unspecified atom stereocenters. The molecule has 1 N–H and O–H groups in total. The Labute approximate surface area is 216 Å². The first kappa shape index (κ1) is 22.9. The summed E-state index contributed by atoms with van der Waals surface area (Å²) >= 11 is 22.4. The molecule has 0 saturated carbocycles. The maximum Gasteiger partial charge on any atom is 0.175 e. The van der Waals surface area contributed by atoms with E-state index in [9.17, 15) is 0 Å². The number of hydrogen-bond donors (Lipinski definition) is 1. The number of para-hydroxylation sites is 1. The molecule has 0 radical (unpaired) electrons. The summed E-state index contributed by atoms with van der Waals surface area (Å²) in [7, 11) is 1.65. The molecule has 170 valence electrons. The zero-order valence-corrected chi connectivity index (χ0v) is 21.6. The second-order valence-electron chi connectivity index (χ2n) is 8.25. The van der Waals surface area contributed by atoms with Gasteiger partial charge in [-0.15, -0.1) is 0 Å². The monoisotopic (exact) mass is 563 g/mol. The lowest BCUT2D eigenvalue weighted by molar-refractivity contribution is 0.282. The summed E-state index contributed by atoms with van der Waals surface area (Å²) in [6, 6.07) is 15.8. The van der Waals surface area contributed by atoms with Crippen LogP contribution in [0.5, 0.6) is 11.5 Å². The third kappa shape index (κ3) is 4.35. The largest absolute Gasteiger partial charge is 0.493 e. The van der Waals surface area contributed by atoms with Gasteiger partial charge in [-0.05, 0) is 75.3 Å². The molecule has 0 aromatic heterocycles. The Morgan fingerprint density at radius 2 is 1.88 bits per heavy atom. The molecule has 3 aromatic carbocycles. The fourth-order valence-electron chi connectivity index (χ4n) is 4.76. The minimum absolute atomic E-state index is 0.0896. The summed E-state index contributed by atoms with van der Waals surface area (Å²) in [5.74, 6) is 2.03. The molecule has 1 heterocycles. The van der Waals surface area contributed by atoms with Crippen molar-refractivity contribution in [3.8, 4) is 11.5 Å². The Morgan fingerprint density at radius 3 is 2.67 bits per heavy atom. The van der Waals surface area contributed by atoms with Gasteiger partial charge in [-0.3, -0.25) is 0 Å². The van der Waals surface area contributed by atoms with Crippen LogP contribution in [-0.2, 0) is 6.61 Å². The number of fused-ring (bicyclic) bond motifs is 3. The lowest BCUT2D eigenvalue weighted by Crippen LogP contribution is -2.29. The first-order valence-corrected chi connectivity index (χ1v) is 12.5. The highest BCUT2D eigenvalue weighted by molar-refractivity contribution is 9.10. The zero-order chi connectivity index (χ0) is 23.1. The van der Waals surface area contributed by atoms with Crippen molar-refractivity contribution in [1.29, 1.82) is 0 Å². The summed E-state index contributed by atoms with van der Waals surface area (Å²) < 4.78 is 12.7. The number of rotatable bonds is 5. The van der Waals surface area contributed by atoms with Crippen molar-refractivity contribution >= 4 is 56.4 Å². The fraction of sp³-hybridized carbons (Fsp3) is 0.231. The van der Waals surface area contributed by atoms with Gasteiger partial charge in [0.25, 0.3) is 0 Å². The molecule has 0 fully saturated rings. The van der Waals surface area contributed by atoms with Crippen LogP contribution in [0.2, 0.25) is 15.1 Å². The average molecular weight is 566 g/mol. The van der Waals surface area contributed by atoms with E-state index in [0.717, 1.165) is 32.7 Å². The van der Waals surface area contributed by atoms with Crippen LogP contribution in [0.4, 0.5) is 5.69 Å². The summed E-state index contributed by atoms with van der Waals surface area (Å²) in [4.78, 5) is 0. The second kappa shape index (κ2) is 9.42. The smallest absolute Gasteiger partial charge is 0.175 e. The molecule has 5 rings (SSSR count). The third-order valence-electron chi connectivity index (χ3n) is 6.32. The summed E-state index contributed by atoms with van der Waals surface area (Å²) in [5, 5.41) is 5.46. The summed E-state index contributed by atoms with van der Waals surface area (Å²) in [6.45, 7) is 0.338. The Morgan fingerprint density at radius 1 is 1.03 bits per heavy atom. The quantitative estimate of drug-likeness (QED) is 0.314. The normalized spacial score (nSPS) is 20.7. The van der Waals surface area contributed by atoms with Crippen LogP contribution >= 0.6 is 50.7 Å². The number of anilines is 1. The van der Waals surface area contributed by atoms with Crippen molar-refractivity contribution in [2.45, 2.75) is 25.0 Å². The molecule has 0 saturated heterocycles. The van der Waals surface area contributed by atoms with Gasteiger partial charge in [0.05, 0.1) is 38.4 Å². The van der Waals surface area contributed by atoms with Crippen molar-refractivity contribution in [2.75, 3.05) is 12.4 Å². The van der Waals surface area contributed by atoms with E-state index in [2.05, 4.69) is 45.5 Å². The van der Waals surface area contributed by atoms with Gasteiger partial charge in [-0.25, -0.2) is 0 Å². The SMILES string of the molecule is COc1cc([C@@H]2Nc3c(Cl)cccc3[C@@H]3C=CC[C@@H]32)cc(Br)c1OCc1ccc(Cl)c(Cl)c1. The molecule has 2 aliphatic rings. The first-order chi connectivity index (χ1) is 16.0. The Bertz CT molecular complexity index is 1250. The molecule has 0 amide bonds. The molecule has 1 aliphatic heterocycles. The van der Waals surface area contributed by atoms with E-state index in [1.54, 1.807) is 19.2 Å². The summed E-state index contributed by atoms with van der Waals surface area (Å²) in [5.41, 5.74) is 4.30. The maximum absolute atomic E-state index is 6.56. The predicted octanol–water partition coefficient (Wildman–Crippen LogP) is 8.82. The number of nitrogens with one attached hydrogen (secondary N) is 1. The van der Waals surface area contributed by atoms with Gasteiger partial charge in [0.2, 0.25) is 0 Å². The van der Waals surface area contributed by atoms with Crippen LogP contribution in [0.1, 0.15) is 35.1 Å². The van der Waals surface area contributed by atoms with Crippen molar-refractivity contribution in [3.63, 3.8) is 0 Å². The molecular formula is C26H21BrCl3NO2. The highest BCUT2D eigenvalue weighted by atomic mass is 79.9. The Hall–Kier alpha value is -1.85. The lowest BCUT2D eigenvalue weighted by atomic mass is 9.77. The van der Waals surface area contributed by atoms with E-state index in [4.69, 9.17) is 44.3 Å². The number of halogens is 4.